The molecule has 1 aromatic heterocycles. The maximum Gasteiger partial charge on any atom is 0.227 e. The lowest BCUT2D eigenvalue weighted by molar-refractivity contribution is -0.117. The molecular weight excluding hydrogens is 253 g/mol. The summed E-state index contributed by atoms with van der Waals surface area (Å²) >= 11 is 11.5. The Labute approximate surface area is 102 Å². The maximum atomic E-state index is 11.7. The Bertz CT molecular complexity index is 427. The quantitative estimate of drug-likeness (QED) is 0.867. The molecule has 1 aliphatic rings. The zero-order valence-electron chi connectivity index (χ0n) is 8.23. The molecule has 0 bridgehead atoms. The minimum atomic E-state index is -0.0926. The van der Waals surface area contributed by atoms with Crippen molar-refractivity contribution in [3.05, 3.63) is 16.4 Å². The molecule has 0 radical (unpaired) electrons. The molecule has 1 unspecified atom stereocenters. The van der Waals surface area contributed by atoms with Crippen LogP contribution in [0.25, 0.3) is 0 Å². The second-order valence-corrected chi connectivity index (χ2v) is 4.35. The van der Waals surface area contributed by atoms with Crippen molar-refractivity contribution in [2.45, 2.75) is 6.42 Å². The van der Waals surface area contributed by atoms with Gasteiger partial charge in [0.25, 0.3) is 0 Å². The predicted molar refractivity (Wildman–Crippen MR) is 59.6 cm³/mol. The van der Waals surface area contributed by atoms with Crippen LogP contribution in [-0.4, -0.2) is 34.4 Å². The third-order valence-electron chi connectivity index (χ3n) is 2.45. The summed E-state index contributed by atoms with van der Waals surface area (Å²) < 4.78 is 0. The Morgan fingerprint density at radius 2 is 2.25 bits per heavy atom. The molecule has 0 saturated carbocycles. The van der Waals surface area contributed by atoms with Crippen molar-refractivity contribution >= 4 is 34.8 Å². The number of amides is 1. The number of carbonyl (C=O) groups excluding carboxylic acids is 1. The number of hydrogen-bond acceptors (Lipinski definition) is 4. The molecule has 0 aromatic carbocycles. The van der Waals surface area contributed by atoms with E-state index >= 15 is 0 Å². The van der Waals surface area contributed by atoms with Crippen LogP contribution in [0.3, 0.4) is 0 Å². The van der Waals surface area contributed by atoms with Crippen LogP contribution in [0.2, 0.25) is 10.3 Å². The lowest BCUT2D eigenvalue weighted by Gasteiger charge is -2.16. The van der Waals surface area contributed by atoms with Gasteiger partial charge in [-0.15, -0.1) is 10.2 Å². The first kappa shape index (κ1) is 11.6. The van der Waals surface area contributed by atoms with E-state index in [2.05, 4.69) is 10.2 Å². The van der Waals surface area contributed by atoms with Crippen LogP contribution in [0.4, 0.5) is 5.69 Å². The first-order valence-electron chi connectivity index (χ1n) is 4.71. The average molecular weight is 262 g/mol. The zero-order valence-corrected chi connectivity index (χ0v) is 9.74. The molecular formula is C9H9Cl2N3O2. The van der Waals surface area contributed by atoms with E-state index in [4.69, 9.17) is 28.3 Å². The molecule has 0 spiro atoms. The minimum absolute atomic E-state index is 0.0217. The summed E-state index contributed by atoms with van der Waals surface area (Å²) in [7, 11) is 0. The third-order valence-corrected chi connectivity index (χ3v) is 2.91. The van der Waals surface area contributed by atoms with Crippen molar-refractivity contribution in [1.82, 2.24) is 10.2 Å². The molecule has 1 N–H and O–H groups in total. The Hall–Kier alpha value is -0.910. The van der Waals surface area contributed by atoms with Crippen molar-refractivity contribution in [3.63, 3.8) is 0 Å². The van der Waals surface area contributed by atoms with Gasteiger partial charge in [0.05, 0.1) is 5.69 Å². The van der Waals surface area contributed by atoms with Gasteiger partial charge in [0, 0.05) is 31.6 Å². The fourth-order valence-corrected chi connectivity index (χ4v) is 2.01. The highest BCUT2D eigenvalue weighted by Gasteiger charge is 2.31. The van der Waals surface area contributed by atoms with Gasteiger partial charge in [0.15, 0.2) is 10.3 Å². The lowest BCUT2D eigenvalue weighted by Crippen LogP contribution is -2.25. The summed E-state index contributed by atoms with van der Waals surface area (Å²) in [5.74, 6) is -0.152. The van der Waals surface area contributed by atoms with E-state index < -0.39 is 0 Å². The number of aliphatic hydroxyl groups is 1. The largest absolute Gasteiger partial charge is 0.396 e. The van der Waals surface area contributed by atoms with Crippen LogP contribution in [-0.2, 0) is 4.79 Å². The lowest BCUT2D eigenvalue weighted by atomic mass is 10.1. The molecule has 1 aromatic rings. The number of halogens is 2. The van der Waals surface area contributed by atoms with Crippen LogP contribution >= 0.6 is 23.2 Å². The Morgan fingerprint density at radius 3 is 2.88 bits per heavy atom. The van der Waals surface area contributed by atoms with Crippen molar-refractivity contribution in [2.75, 3.05) is 18.1 Å². The molecule has 2 rings (SSSR count). The van der Waals surface area contributed by atoms with E-state index in [0.29, 0.717) is 18.7 Å². The van der Waals surface area contributed by atoms with Crippen LogP contribution < -0.4 is 4.90 Å². The van der Waals surface area contributed by atoms with Crippen molar-refractivity contribution in [2.24, 2.45) is 5.92 Å². The highest BCUT2D eigenvalue weighted by Crippen LogP contribution is 2.30. The molecule has 0 aliphatic carbocycles. The fraction of sp³-hybridized carbons (Fsp3) is 0.444. The Balaban J connectivity index is 2.30. The van der Waals surface area contributed by atoms with E-state index in [9.17, 15) is 4.79 Å². The molecule has 1 saturated heterocycles. The first-order valence-corrected chi connectivity index (χ1v) is 5.47. The summed E-state index contributed by atoms with van der Waals surface area (Å²) in [6, 6.07) is 1.49. The summed E-state index contributed by atoms with van der Waals surface area (Å²) in [5, 5.41) is 16.5. The second kappa shape index (κ2) is 4.53. The summed E-state index contributed by atoms with van der Waals surface area (Å²) in [6.45, 7) is 0.406. The van der Waals surface area contributed by atoms with Crippen LogP contribution in [0.1, 0.15) is 6.42 Å². The number of aromatic nitrogens is 2. The van der Waals surface area contributed by atoms with Gasteiger partial charge in [-0.2, -0.15) is 0 Å². The van der Waals surface area contributed by atoms with E-state index in [1.54, 1.807) is 0 Å². The molecule has 86 valence electrons. The van der Waals surface area contributed by atoms with Gasteiger partial charge in [-0.3, -0.25) is 4.79 Å². The molecule has 1 fully saturated rings. The molecule has 16 heavy (non-hydrogen) atoms. The monoisotopic (exact) mass is 261 g/mol. The Morgan fingerprint density at radius 1 is 1.50 bits per heavy atom. The average Bonchev–Trinajstić information content (AvgIpc) is 2.63. The van der Waals surface area contributed by atoms with E-state index in [0.717, 1.165) is 0 Å². The normalized spacial score (nSPS) is 20.6. The number of anilines is 1. The second-order valence-electron chi connectivity index (χ2n) is 3.60. The highest BCUT2D eigenvalue weighted by atomic mass is 35.5. The van der Waals surface area contributed by atoms with Crippen molar-refractivity contribution in [3.8, 4) is 0 Å². The molecule has 1 aliphatic heterocycles. The number of aliphatic hydroxyl groups excluding tert-OH is 1. The molecule has 7 heteroatoms. The standard InChI is InChI=1S/C9H9Cl2N3O2/c10-7-2-6(9(11)13-12-7)14-3-5(4-15)1-8(14)16/h2,5,15H,1,3-4H2. The van der Waals surface area contributed by atoms with Crippen LogP contribution in [0.15, 0.2) is 6.07 Å². The van der Waals surface area contributed by atoms with E-state index in [-0.39, 0.29) is 28.7 Å². The molecule has 2 heterocycles. The Kier molecular flexibility index (Phi) is 3.28. The summed E-state index contributed by atoms with van der Waals surface area (Å²) in [6.07, 6.45) is 0.312. The number of rotatable bonds is 2. The van der Waals surface area contributed by atoms with Gasteiger partial charge < -0.3 is 10.0 Å². The molecule has 1 amide bonds. The predicted octanol–water partition coefficient (Wildman–Crippen LogP) is 1.13. The summed E-state index contributed by atoms with van der Waals surface area (Å²) in [5.41, 5.74) is 0.447. The summed E-state index contributed by atoms with van der Waals surface area (Å²) in [4.78, 5) is 13.1. The fourth-order valence-electron chi connectivity index (χ4n) is 1.67. The van der Waals surface area contributed by atoms with Gasteiger partial charge in [-0.25, -0.2) is 0 Å². The number of nitrogens with zero attached hydrogens (tertiary/aromatic N) is 3. The van der Waals surface area contributed by atoms with Gasteiger partial charge in [-0.1, -0.05) is 23.2 Å². The van der Waals surface area contributed by atoms with Crippen molar-refractivity contribution in [1.29, 1.82) is 0 Å². The van der Waals surface area contributed by atoms with Crippen molar-refractivity contribution < 1.29 is 9.90 Å². The number of carbonyl (C=O) groups is 1. The number of hydrogen-bond donors (Lipinski definition) is 1. The highest BCUT2D eigenvalue weighted by molar-refractivity contribution is 6.34. The third kappa shape index (κ3) is 2.11. The zero-order chi connectivity index (χ0) is 11.7. The van der Waals surface area contributed by atoms with E-state index in [1.165, 1.54) is 11.0 Å². The maximum absolute atomic E-state index is 11.7. The first-order chi connectivity index (χ1) is 7.61. The minimum Gasteiger partial charge on any atom is -0.396 e. The SMILES string of the molecule is O=C1CC(CO)CN1c1cc(Cl)nnc1Cl. The van der Waals surface area contributed by atoms with E-state index in [1.807, 2.05) is 0 Å². The van der Waals surface area contributed by atoms with Gasteiger partial charge in [-0.05, 0) is 0 Å². The van der Waals surface area contributed by atoms with Gasteiger partial charge in [0.1, 0.15) is 0 Å². The van der Waals surface area contributed by atoms with Crippen LogP contribution in [0, 0.1) is 5.92 Å². The molecule has 1 atom stereocenters. The van der Waals surface area contributed by atoms with Gasteiger partial charge >= 0.3 is 0 Å². The van der Waals surface area contributed by atoms with Crippen LogP contribution in [0.5, 0.6) is 0 Å². The molecule has 5 nitrogen and oxygen atoms in total. The topological polar surface area (TPSA) is 66.3 Å². The van der Waals surface area contributed by atoms with Gasteiger partial charge in [0.2, 0.25) is 5.91 Å². The smallest absolute Gasteiger partial charge is 0.227 e.